The molecule has 0 fully saturated rings. The maximum absolute atomic E-state index is 12.3. The Balaban J connectivity index is 1.67. The van der Waals surface area contributed by atoms with Crippen molar-refractivity contribution < 1.29 is 19.2 Å². The minimum Gasteiger partial charge on any atom is -0.449 e. The highest BCUT2D eigenvalue weighted by molar-refractivity contribution is 6.00. The molecule has 0 aliphatic rings. The molecule has 28 heavy (non-hydrogen) atoms. The third-order valence-electron chi connectivity index (χ3n) is 4.14. The number of nitro benzene ring substituents is 1. The van der Waals surface area contributed by atoms with Gasteiger partial charge in [-0.05, 0) is 35.9 Å². The van der Waals surface area contributed by atoms with Crippen LogP contribution in [0.25, 0.3) is 10.8 Å². The molecule has 0 aliphatic carbocycles. The lowest BCUT2D eigenvalue weighted by molar-refractivity contribution is -0.384. The summed E-state index contributed by atoms with van der Waals surface area (Å²) in [6, 6.07) is 16.6. The minimum absolute atomic E-state index is 0.0454. The zero-order chi connectivity index (χ0) is 20.3. The van der Waals surface area contributed by atoms with Crippen molar-refractivity contribution in [3.05, 3.63) is 76.3 Å². The summed E-state index contributed by atoms with van der Waals surface area (Å²) in [6.07, 6.45) is -1.09. The average Bonchev–Trinajstić information content (AvgIpc) is 2.67. The van der Waals surface area contributed by atoms with Gasteiger partial charge in [-0.25, -0.2) is 4.79 Å². The molecule has 3 aromatic rings. The molecule has 0 aliphatic heterocycles. The largest absolute Gasteiger partial charge is 0.449 e. The van der Waals surface area contributed by atoms with Crippen LogP contribution in [0.1, 0.15) is 17.3 Å². The molecule has 0 heterocycles. The fraction of sp³-hybridized carbons (Fsp3) is 0.100. The van der Waals surface area contributed by atoms with E-state index in [0.29, 0.717) is 5.69 Å². The Kier molecular flexibility index (Phi) is 5.21. The second kappa shape index (κ2) is 7.75. The highest BCUT2D eigenvalue weighted by Gasteiger charge is 2.22. The fourth-order valence-electron chi connectivity index (χ4n) is 2.64. The topological polar surface area (TPSA) is 125 Å². The summed E-state index contributed by atoms with van der Waals surface area (Å²) in [6.45, 7) is 1.43. The quantitative estimate of drug-likeness (QED) is 0.302. The molecule has 0 radical (unpaired) electrons. The number of nitrogen functional groups attached to an aromatic ring is 1. The van der Waals surface area contributed by atoms with E-state index < -0.39 is 22.9 Å². The van der Waals surface area contributed by atoms with Crippen molar-refractivity contribution in [2.24, 2.45) is 0 Å². The molecule has 3 rings (SSSR count). The standard InChI is InChI=1S/C20H17N3O5/c1-12(28-20(25)17-9-8-16(23(26)27)11-18(17)21)19(24)22-15-7-6-13-4-2-3-5-14(13)10-15/h2-12H,21H2,1H3,(H,22,24)/t12-/m1/s1. The van der Waals surface area contributed by atoms with E-state index >= 15 is 0 Å². The molecule has 1 amide bonds. The van der Waals surface area contributed by atoms with Crippen LogP contribution in [-0.2, 0) is 9.53 Å². The smallest absolute Gasteiger partial charge is 0.341 e. The molecule has 3 aromatic carbocycles. The summed E-state index contributed by atoms with van der Waals surface area (Å²) in [7, 11) is 0. The van der Waals surface area contributed by atoms with Crippen LogP contribution < -0.4 is 11.1 Å². The van der Waals surface area contributed by atoms with Gasteiger partial charge in [-0.3, -0.25) is 14.9 Å². The molecular formula is C20H17N3O5. The number of rotatable bonds is 5. The van der Waals surface area contributed by atoms with E-state index in [4.69, 9.17) is 10.5 Å². The lowest BCUT2D eigenvalue weighted by Gasteiger charge is -2.14. The van der Waals surface area contributed by atoms with E-state index in [-0.39, 0.29) is 16.9 Å². The third kappa shape index (κ3) is 4.07. The van der Waals surface area contributed by atoms with Crippen molar-refractivity contribution in [3.8, 4) is 0 Å². The Morgan fingerprint density at radius 1 is 1.07 bits per heavy atom. The molecule has 0 saturated heterocycles. The van der Waals surface area contributed by atoms with Crippen LogP contribution in [0.2, 0.25) is 0 Å². The highest BCUT2D eigenvalue weighted by Crippen LogP contribution is 2.22. The third-order valence-corrected chi connectivity index (χ3v) is 4.14. The molecule has 0 spiro atoms. The highest BCUT2D eigenvalue weighted by atomic mass is 16.6. The Morgan fingerprint density at radius 3 is 2.46 bits per heavy atom. The Bertz CT molecular complexity index is 1080. The number of esters is 1. The Hall–Kier alpha value is -3.94. The van der Waals surface area contributed by atoms with Crippen molar-refractivity contribution in [2.45, 2.75) is 13.0 Å². The molecule has 3 N–H and O–H groups in total. The molecule has 0 saturated carbocycles. The van der Waals surface area contributed by atoms with Crippen LogP contribution in [0, 0.1) is 10.1 Å². The number of carbonyl (C=O) groups excluding carboxylic acids is 2. The summed E-state index contributed by atoms with van der Waals surface area (Å²) in [5.41, 5.74) is 5.87. The van der Waals surface area contributed by atoms with Gasteiger partial charge in [-0.1, -0.05) is 30.3 Å². The molecule has 0 bridgehead atoms. The van der Waals surface area contributed by atoms with E-state index in [1.54, 1.807) is 6.07 Å². The first-order chi connectivity index (χ1) is 13.3. The Morgan fingerprint density at radius 2 is 1.79 bits per heavy atom. The number of non-ortho nitro benzene ring substituents is 1. The molecular weight excluding hydrogens is 362 g/mol. The minimum atomic E-state index is -1.09. The monoisotopic (exact) mass is 379 g/mol. The first-order valence-electron chi connectivity index (χ1n) is 8.39. The maximum Gasteiger partial charge on any atom is 0.341 e. The number of ether oxygens (including phenoxy) is 1. The van der Waals surface area contributed by atoms with Gasteiger partial charge in [0.25, 0.3) is 11.6 Å². The van der Waals surface area contributed by atoms with Gasteiger partial charge in [0, 0.05) is 17.8 Å². The summed E-state index contributed by atoms with van der Waals surface area (Å²) in [5.74, 6) is -1.35. The van der Waals surface area contributed by atoms with Crippen LogP contribution in [-0.4, -0.2) is 22.9 Å². The van der Waals surface area contributed by atoms with Gasteiger partial charge in [0.1, 0.15) is 0 Å². The molecule has 1 atom stereocenters. The van der Waals surface area contributed by atoms with Gasteiger partial charge in [0.15, 0.2) is 6.10 Å². The number of amides is 1. The van der Waals surface area contributed by atoms with E-state index in [2.05, 4.69) is 5.32 Å². The SMILES string of the molecule is C[C@@H](OC(=O)c1ccc([N+](=O)[O-])cc1N)C(=O)Nc1ccc2ccccc2c1. The molecule has 142 valence electrons. The second-order valence-corrected chi connectivity index (χ2v) is 6.13. The van der Waals surface area contributed by atoms with Gasteiger partial charge in [-0.2, -0.15) is 0 Å². The molecule has 8 heteroatoms. The lowest BCUT2D eigenvalue weighted by atomic mass is 10.1. The number of carbonyl (C=O) groups is 2. The van der Waals surface area contributed by atoms with Crippen LogP contribution >= 0.6 is 0 Å². The number of anilines is 2. The van der Waals surface area contributed by atoms with Crippen molar-refractivity contribution in [2.75, 3.05) is 11.1 Å². The summed E-state index contributed by atoms with van der Waals surface area (Å²) < 4.78 is 5.14. The first kappa shape index (κ1) is 18.8. The molecule has 8 nitrogen and oxygen atoms in total. The Labute approximate surface area is 160 Å². The summed E-state index contributed by atoms with van der Waals surface area (Å²) in [4.78, 5) is 34.7. The average molecular weight is 379 g/mol. The van der Waals surface area contributed by atoms with E-state index in [1.807, 2.05) is 36.4 Å². The predicted octanol–water partition coefficient (Wildman–Crippen LogP) is 3.51. The summed E-state index contributed by atoms with van der Waals surface area (Å²) >= 11 is 0. The van der Waals surface area contributed by atoms with Crippen LogP contribution in [0.4, 0.5) is 17.1 Å². The normalized spacial score (nSPS) is 11.6. The van der Waals surface area contributed by atoms with E-state index in [1.165, 1.54) is 13.0 Å². The van der Waals surface area contributed by atoms with Gasteiger partial charge in [0.2, 0.25) is 0 Å². The van der Waals surface area contributed by atoms with Crippen molar-refractivity contribution >= 4 is 39.7 Å². The number of nitrogens with zero attached hydrogens (tertiary/aromatic N) is 1. The van der Waals surface area contributed by atoms with Gasteiger partial charge in [0.05, 0.1) is 16.2 Å². The number of nitrogens with two attached hydrogens (primary N) is 1. The first-order valence-corrected chi connectivity index (χ1v) is 8.39. The van der Waals surface area contributed by atoms with Gasteiger partial charge >= 0.3 is 5.97 Å². The van der Waals surface area contributed by atoms with Crippen LogP contribution in [0.5, 0.6) is 0 Å². The molecule has 0 aromatic heterocycles. The van der Waals surface area contributed by atoms with E-state index in [0.717, 1.165) is 22.9 Å². The van der Waals surface area contributed by atoms with Gasteiger partial charge < -0.3 is 15.8 Å². The number of nitrogens with one attached hydrogen (secondary N) is 1. The van der Waals surface area contributed by atoms with E-state index in [9.17, 15) is 19.7 Å². The van der Waals surface area contributed by atoms with Crippen LogP contribution in [0.15, 0.2) is 60.7 Å². The summed E-state index contributed by atoms with van der Waals surface area (Å²) in [5, 5.41) is 15.4. The fourth-order valence-corrected chi connectivity index (χ4v) is 2.64. The predicted molar refractivity (Wildman–Crippen MR) is 105 cm³/mol. The van der Waals surface area contributed by atoms with Gasteiger partial charge in [-0.15, -0.1) is 0 Å². The van der Waals surface area contributed by atoms with Crippen molar-refractivity contribution in [1.82, 2.24) is 0 Å². The van der Waals surface area contributed by atoms with Crippen molar-refractivity contribution in [1.29, 1.82) is 0 Å². The van der Waals surface area contributed by atoms with Crippen LogP contribution in [0.3, 0.4) is 0 Å². The number of fused-ring (bicyclic) bond motifs is 1. The molecule has 0 unspecified atom stereocenters. The number of hydrogen-bond donors (Lipinski definition) is 2. The van der Waals surface area contributed by atoms with Crippen molar-refractivity contribution in [3.63, 3.8) is 0 Å². The second-order valence-electron chi connectivity index (χ2n) is 6.13. The number of hydrogen-bond acceptors (Lipinski definition) is 6. The number of nitro groups is 1. The zero-order valence-electron chi connectivity index (χ0n) is 14.9. The lowest BCUT2D eigenvalue weighted by Crippen LogP contribution is -2.30. The number of benzene rings is 3. The zero-order valence-corrected chi connectivity index (χ0v) is 14.9. The maximum atomic E-state index is 12.3.